The number of nitrogens with two attached hydrogens (primary N) is 1. The number of hydrogen-bond donors (Lipinski definition) is 2. The minimum absolute atomic E-state index is 0.0267. The molecule has 3 heteroatoms. The lowest BCUT2D eigenvalue weighted by molar-refractivity contribution is 0.102. The zero-order valence-corrected chi connectivity index (χ0v) is 11.1. The van der Waals surface area contributed by atoms with Crippen molar-refractivity contribution < 1.29 is 9.84 Å². The molecule has 100 valence electrons. The van der Waals surface area contributed by atoms with Gasteiger partial charge in [-0.1, -0.05) is 25.0 Å². The topological polar surface area (TPSA) is 55.5 Å². The first kappa shape index (κ1) is 13.4. The fourth-order valence-corrected chi connectivity index (χ4v) is 3.29. The summed E-state index contributed by atoms with van der Waals surface area (Å²) in [5, 5.41) is 9.82. The zero-order valence-electron chi connectivity index (χ0n) is 11.1. The molecule has 0 heterocycles. The van der Waals surface area contributed by atoms with Crippen LogP contribution in [0.5, 0.6) is 5.75 Å². The summed E-state index contributed by atoms with van der Waals surface area (Å²) >= 11 is 0. The molecule has 1 aliphatic rings. The molecule has 1 atom stereocenters. The first-order chi connectivity index (χ1) is 8.75. The van der Waals surface area contributed by atoms with Gasteiger partial charge in [0.05, 0.1) is 7.11 Å². The van der Waals surface area contributed by atoms with Gasteiger partial charge in [-0.05, 0) is 37.1 Å². The molecular formula is C15H23NO2. The Labute approximate surface area is 109 Å². The summed E-state index contributed by atoms with van der Waals surface area (Å²) in [7, 11) is 1.67. The molecule has 3 nitrogen and oxygen atoms in total. The second kappa shape index (κ2) is 5.72. The van der Waals surface area contributed by atoms with Crippen LogP contribution in [-0.2, 0) is 0 Å². The summed E-state index contributed by atoms with van der Waals surface area (Å²) in [6.07, 6.45) is 4.53. The van der Waals surface area contributed by atoms with Crippen LogP contribution in [0.2, 0.25) is 0 Å². The van der Waals surface area contributed by atoms with Gasteiger partial charge in [-0.2, -0.15) is 0 Å². The molecule has 0 aromatic heterocycles. The molecule has 18 heavy (non-hydrogen) atoms. The number of aliphatic hydroxyl groups excluding tert-OH is 1. The van der Waals surface area contributed by atoms with Crippen molar-refractivity contribution in [2.24, 2.45) is 11.1 Å². The molecule has 1 aromatic rings. The highest BCUT2D eigenvalue weighted by Crippen LogP contribution is 2.48. The van der Waals surface area contributed by atoms with E-state index in [2.05, 4.69) is 6.07 Å². The van der Waals surface area contributed by atoms with Gasteiger partial charge < -0.3 is 15.6 Å². The second-order valence-electron chi connectivity index (χ2n) is 5.29. The first-order valence-corrected chi connectivity index (χ1v) is 6.70. The Balaban J connectivity index is 2.31. The summed E-state index contributed by atoms with van der Waals surface area (Å²) in [6, 6.07) is 8.08. The van der Waals surface area contributed by atoms with E-state index in [1.807, 2.05) is 18.2 Å². The molecule has 3 N–H and O–H groups in total. The third kappa shape index (κ3) is 2.38. The smallest absolute Gasteiger partial charge is 0.119 e. The largest absolute Gasteiger partial charge is 0.497 e. The number of methoxy groups -OCH3 is 1. The van der Waals surface area contributed by atoms with Crippen LogP contribution in [0, 0.1) is 5.41 Å². The lowest BCUT2D eigenvalue weighted by Gasteiger charge is -2.35. The zero-order chi connectivity index (χ0) is 13.0. The van der Waals surface area contributed by atoms with Gasteiger partial charge in [-0.15, -0.1) is 0 Å². The molecule has 1 saturated carbocycles. The van der Waals surface area contributed by atoms with E-state index in [-0.39, 0.29) is 17.9 Å². The Bertz CT molecular complexity index is 386. The summed E-state index contributed by atoms with van der Waals surface area (Å²) < 4.78 is 5.28. The van der Waals surface area contributed by atoms with Gasteiger partial charge in [0.1, 0.15) is 5.75 Å². The second-order valence-corrected chi connectivity index (χ2v) is 5.29. The summed E-state index contributed by atoms with van der Waals surface area (Å²) in [5.41, 5.74) is 7.15. The molecule has 0 radical (unpaired) electrons. The van der Waals surface area contributed by atoms with Gasteiger partial charge in [-0.25, -0.2) is 0 Å². The Hall–Kier alpha value is -1.06. The lowest BCUT2D eigenvalue weighted by Crippen LogP contribution is -2.34. The van der Waals surface area contributed by atoms with E-state index in [4.69, 9.17) is 10.5 Å². The van der Waals surface area contributed by atoms with E-state index in [0.29, 0.717) is 6.54 Å². The standard InChI is InChI=1S/C15H23NO2/c1-18-13-6-4-5-12(9-13)14(10-16)15(11-17)7-2-3-8-15/h4-6,9,14,17H,2-3,7-8,10-11,16H2,1H3. The monoisotopic (exact) mass is 249 g/mol. The van der Waals surface area contributed by atoms with Crippen LogP contribution in [0.15, 0.2) is 24.3 Å². The normalized spacial score (nSPS) is 19.7. The predicted molar refractivity (Wildman–Crippen MR) is 72.8 cm³/mol. The van der Waals surface area contributed by atoms with E-state index >= 15 is 0 Å². The molecule has 1 unspecified atom stereocenters. The van der Waals surface area contributed by atoms with Gasteiger partial charge in [-0.3, -0.25) is 0 Å². The highest BCUT2D eigenvalue weighted by atomic mass is 16.5. The Morgan fingerprint density at radius 3 is 2.67 bits per heavy atom. The molecule has 2 rings (SSSR count). The SMILES string of the molecule is COc1cccc(C(CN)C2(CO)CCCC2)c1. The van der Waals surface area contributed by atoms with Crippen LogP contribution in [0.1, 0.15) is 37.2 Å². The molecule has 1 fully saturated rings. The van der Waals surface area contributed by atoms with Crippen molar-refractivity contribution in [3.05, 3.63) is 29.8 Å². The maximum atomic E-state index is 9.82. The fraction of sp³-hybridized carbons (Fsp3) is 0.600. The number of aliphatic hydroxyl groups is 1. The third-order valence-electron chi connectivity index (χ3n) is 4.39. The number of benzene rings is 1. The van der Waals surface area contributed by atoms with E-state index in [1.54, 1.807) is 7.11 Å². The van der Waals surface area contributed by atoms with Gasteiger partial charge in [0.15, 0.2) is 0 Å². The fourth-order valence-electron chi connectivity index (χ4n) is 3.29. The molecule has 0 saturated heterocycles. The van der Waals surface area contributed by atoms with E-state index < -0.39 is 0 Å². The number of hydrogen-bond acceptors (Lipinski definition) is 3. The van der Waals surface area contributed by atoms with Crippen LogP contribution in [0.25, 0.3) is 0 Å². The minimum Gasteiger partial charge on any atom is -0.497 e. The van der Waals surface area contributed by atoms with E-state index in [1.165, 1.54) is 18.4 Å². The van der Waals surface area contributed by atoms with Crippen molar-refractivity contribution in [3.63, 3.8) is 0 Å². The maximum Gasteiger partial charge on any atom is 0.119 e. The Morgan fingerprint density at radius 1 is 1.39 bits per heavy atom. The first-order valence-electron chi connectivity index (χ1n) is 6.70. The number of ether oxygens (including phenoxy) is 1. The highest BCUT2D eigenvalue weighted by molar-refractivity contribution is 5.32. The van der Waals surface area contributed by atoms with E-state index in [9.17, 15) is 5.11 Å². The molecule has 0 spiro atoms. The third-order valence-corrected chi connectivity index (χ3v) is 4.39. The molecule has 0 aliphatic heterocycles. The van der Waals surface area contributed by atoms with Crippen molar-refractivity contribution in [2.75, 3.05) is 20.3 Å². The Morgan fingerprint density at radius 2 is 2.11 bits per heavy atom. The molecular weight excluding hydrogens is 226 g/mol. The highest BCUT2D eigenvalue weighted by Gasteiger charge is 2.40. The quantitative estimate of drug-likeness (QED) is 0.842. The van der Waals surface area contributed by atoms with Crippen LogP contribution >= 0.6 is 0 Å². The number of rotatable bonds is 5. The minimum atomic E-state index is -0.0267. The maximum absolute atomic E-state index is 9.82. The van der Waals surface area contributed by atoms with Crippen molar-refractivity contribution in [2.45, 2.75) is 31.6 Å². The van der Waals surface area contributed by atoms with Gasteiger partial charge in [0.25, 0.3) is 0 Å². The molecule has 1 aromatic carbocycles. The summed E-state index contributed by atoms with van der Waals surface area (Å²) in [5.74, 6) is 1.08. The van der Waals surface area contributed by atoms with Gasteiger partial charge >= 0.3 is 0 Å². The van der Waals surface area contributed by atoms with Crippen LogP contribution in [0.4, 0.5) is 0 Å². The molecule has 0 bridgehead atoms. The summed E-state index contributed by atoms with van der Waals surface area (Å²) in [4.78, 5) is 0. The van der Waals surface area contributed by atoms with Gasteiger partial charge in [0.2, 0.25) is 0 Å². The van der Waals surface area contributed by atoms with Crippen LogP contribution in [0.3, 0.4) is 0 Å². The van der Waals surface area contributed by atoms with Crippen molar-refractivity contribution >= 4 is 0 Å². The van der Waals surface area contributed by atoms with E-state index in [0.717, 1.165) is 18.6 Å². The van der Waals surface area contributed by atoms with Crippen molar-refractivity contribution in [1.82, 2.24) is 0 Å². The average molecular weight is 249 g/mol. The van der Waals surface area contributed by atoms with Crippen LogP contribution in [-0.4, -0.2) is 25.4 Å². The lowest BCUT2D eigenvalue weighted by atomic mass is 9.71. The summed E-state index contributed by atoms with van der Waals surface area (Å²) in [6.45, 7) is 0.805. The average Bonchev–Trinajstić information content (AvgIpc) is 2.90. The molecule has 0 amide bonds. The van der Waals surface area contributed by atoms with Crippen molar-refractivity contribution in [1.29, 1.82) is 0 Å². The van der Waals surface area contributed by atoms with Crippen LogP contribution < -0.4 is 10.5 Å². The molecule has 1 aliphatic carbocycles. The predicted octanol–water partition coefficient (Wildman–Crippen LogP) is 2.29. The Kier molecular flexibility index (Phi) is 4.25. The van der Waals surface area contributed by atoms with Crippen molar-refractivity contribution in [3.8, 4) is 5.75 Å². The van der Waals surface area contributed by atoms with Gasteiger partial charge in [0, 0.05) is 17.9 Å².